The van der Waals surface area contributed by atoms with Gasteiger partial charge in [-0.25, -0.2) is 4.39 Å². The number of halogens is 1. The third-order valence-corrected chi connectivity index (χ3v) is 3.38. The molecule has 0 aliphatic heterocycles. The van der Waals surface area contributed by atoms with Crippen molar-refractivity contribution in [2.45, 2.75) is 26.9 Å². The molecule has 1 unspecified atom stereocenters. The summed E-state index contributed by atoms with van der Waals surface area (Å²) < 4.78 is 24.0. The lowest BCUT2D eigenvalue weighted by Crippen LogP contribution is -2.05. The van der Waals surface area contributed by atoms with E-state index in [0.717, 1.165) is 11.3 Å². The summed E-state index contributed by atoms with van der Waals surface area (Å²) in [6, 6.07) is 4.09. The zero-order valence-electron chi connectivity index (χ0n) is 11.5. The van der Waals surface area contributed by atoms with Crippen LogP contribution >= 0.6 is 0 Å². The molecule has 0 aliphatic rings. The standard InChI is InChI=1S/C15H17FO3/c1-8-9(2)19-10(3)14(8)15(17)12-7-11(16)5-6-13(12)18-4/h5-7,15,17H,1-4H3. The largest absolute Gasteiger partial charge is 0.496 e. The number of aliphatic hydroxyl groups is 1. The number of ether oxygens (including phenoxy) is 1. The van der Waals surface area contributed by atoms with Crippen molar-refractivity contribution >= 4 is 0 Å². The third-order valence-electron chi connectivity index (χ3n) is 3.38. The van der Waals surface area contributed by atoms with Crippen LogP contribution in [-0.4, -0.2) is 12.2 Å². The molecule has 2 rings (SSSR count). The van der Waals surface area contributed by atoms with Gasteiger partial charge in [0, 0.05) is 11.1 Å². The highest BCUT2D eigenvalue weighted by atomic mass is 19.1. The molecule has 0 spiro atoms. The Morgan fingerprint density at radius 3 is 2.42 bits per heavy atom. The fraction of sp³-hybridized carbons (Fsp3) is 0.333. The molecule has 3 nitrogen and oxygen atoms in total. The quantitative estimate of drug-likeness (QED) is 0.923. The molecule has 0 aliphatic carbocycles. The van der Waals surface area contributed by atoms with Gasteiger partial charge >= 0.3 is 0 Å². The van der Waals surface area contributed by atoms with E-state index in [1.54, 1.807) is 6.92 Å². The summed E-state index contributed by atoms with van der Waals surface area (Å²) in [5.74, 6) is 1.42. The van der Waals surface area contributed by atoms with Crippen molar-refractivity contribution < 1.29 is 18.7 Å². The molecular formula is C15H17FO3. The fourth-order valence-electron chi connectivity index (χ4n) is 2.29. The number of hydrogen-bond acceptors (Lipinski definition) is 3. The van der Waals surface area contributed by atoms with E-state index in [0.29, 0.717) is 22.6 Å². The second kappa shape index (κ2) is 5.05. The van der Waals surface area contributed by atoms with Gasteiger partial charge in [0.15, 0.2) is 0 Å². The van der Waals surface area contributed by atoms with Crippen LogP contribution in [0, 0.1) is 26.6 Å². The molecule has 19 heavy (non-hydrogen) atoms. The van der Waals surface area contributed by atoms with Crippen molar-refractivity contribution in [1.82, 2.24) is 0 Å². The number of furan rings is 1. The van der Waals surface area contributed by atoms with Gasteiger partial charge in [0.25, 0.3) is 0 Å². The third kappa shape index (κ3) is 2.36. The van der Waals surface area contributed by atoms with E-state index in [2.05, 4.69) is 0 Å². The summed E-state index contributed by atoms with van der Waals surface area (Å²) in [7, 11) is 1.49. The number of aryl methyl sites for hydroxylation is 2. The fourth-order valence-corrected chi connectivity index (χ4v) is 2.29. The highest BCUT2D eigenvalue weighted by molar-refractivity contribution is 5.44. The van der Waals surface area contributed by atoms with Crippen LogP contribution in [0.1, 0.15) is 34.3 Å². The van der Waals surface area contributed by atoms with Crippen LogP contribution in [-0.2, 0) is 0 Å². The van der Waals surface area contributed by atoms with Gasteiger partial charge in [-0.1, -0.05) is 0 Å². The lowest BCUT2D eigenvalue weighted by molar-refractivity contribution is 0.211. The molecule has 1 aromatic carbocycles. The zero-order valence-corrected chi connectivity index (χ0v) is 11.5. The van der Waals surface area contributed by atoms with E-state index in [9.17, 15) is 9.50 Å². The van der Waals surface area contributed by atoms with Crippen molar-refractivity contribution in [2.75, 3.05) is 7.11 Å². The van der Waals surface area contributed by atoms with Crippen LogP contribution < -0.4 is 4.74 Å². The smallest absolute Gasteiger partial charge is 0.125 e. The first-order valence-electron chi connectivity index (χ1n) is 6.03. The first-order chi connectivity index (χ1) is 8.95. The average Bonchev–Trinajstić information content (AvgIpc) is 2.62. The number of methoxy groups -OCH3 is 1. The Kier molecular flexibility index (Phi) is 3.62. The highest BCUT2D eigenvalue weighted by Gasteiger charge is 2.23. The van der Waals surface area contributed by atoms with Gasteiger partial charge in [-0.2, -0.15) is 0 Å². The predicted octanol–water partition coefficient (Wildman–Crippen LogP) is 3.43. The normalized spacial score (nSPS) is 12.5. The van der Waals surface area contributed by atoms with Crippen LogP contribution in [0.3, 0.4) is 0 Å². The monoisotopic (exact) mass is 264 g/mol. The average molecular weight is 264 g/mol. The lowest BCUT2D eigenvalue weighted by atomic mass is 9.97. The van der Waals surface area contributed by atoms with Gasteiger partial charge < -0.3 is 14.3 Å². The molecule has 0 saturated heterocycles. The minimum absolute atomic E-state index is 0.398. The van der Waals surface area contributed by atoms with Crippen LogP contribution in [0.4, 0.5) is 4.39 Å². The highest BCUT2D eigenvalue weighted by Crippen LogP contribution is 2.35. The maximum Gasteiger partial charge on any atom is 0.125 e. The summed E-state index contributed by atoms with van der Waals surface area (Å²) in [6.45, 7) is 5.49. The molecule has 102 valence electrons. The summed E-state index contributed by atoms with van der Waals surface area (Å²) in [6.07, 6.45) is -0.969. The number of aliphatic hydroxyl groups excluding tert-OH is 1. The Hall–Kier alpha value is -1.81. The van der Waals surface area contributed by atoms with E-state index in [1.165, 1.54) is 25.3 Å². The molecule has 0 amide bonds. The number of benzene rings is 1. The Morgan fingerprint density at radius 1 is 1.21 bits per heavy atom. The van der Waals surface area contributed by atoms with Crippen LogP contribution in [0.15, 0.2) is 22.6 Å². The van der Waals surface area contributed by atoms with Gasteiger partial charge in [0.05, 0.1) is 7.11 Å². The maximum absolute atomic E-state index is 13.4. The molecule has 2 aromatic rings. The molecule has 4 heteroatoms. The predicted molar refractivity (Wildman–Crippen MR) is 69.9 cm³/mol. The molecule has 0 saturated carbocycles. The Balaban J connectivity index is 2.55. The van der Waals surface area contributed by atoms with Crippen LogP contribution in [0.5, 0.6) is 5.75 Å². The number of hydrogen-bond donors (Lipinski definition) is 1. The van der Waals surface area contributed by atoms with E-state index in [4.69, 9.17) is 9.15 Å². The van der Waals surface area contributed by atoms with Crippen molar-refractivity contribution in [3.8, 4) is 5.75 Å². The molecule has 1 heterocycles. The molecule has 0 fully saturated rings. The topological polar surface area (TPSA) is 42.6 Å². The summed E-state index contributed by atoms with van der Waals surface area (Å²) >= 11 is 0. The maximum atomic E-state index is 13.4. The summed E-state index contributed by atoms with van der Waals surface area (Å²) in [5.41, 5.74) is 1.94. The first-order valence-corrected chi connectivity index (χ1v) is 6.03. The SMILES string of the molecule is COc1ccc(F)cc1C(O)c1c(C)oc(C)c1C. The Bertz CT molecular complexity index is 602. The number of rotatable bonds is 3. The van der Waals surface area contributed by atoms with Gasteiger partial charge in [-0.3, -0.25) is 0 Å². The molecular weight excluding hydrogens is 247 g/mol. The zero-order chi connectivity index (χ0) is 14.2. The minimum Gasteiger partial charge on any atom is -0.496 e. The van der Waals surface area contributed by atoms with E-state index in [-0.39, 0.29) is 0 Å². The van der Waals surface area contributed by atoms with Crippen molar-refractivity contribution in [1.29, 1.82) is 0 Å². The second-order valence-corrected chi connectivity index (χ2v) is 4.54. The first kappa shape index (κ1) is 13.6. The van der Waals surface area contributed by atoms with Gasteiger partial charge in [0.1, 0.15) is 29.2 Å². The van der Waals surface area contributed by atoms with E-state index in [1.807, 2.05) is 13.8 Å². The Morgan fingerprint density at radius 2 is 1.89 bits per heavy atom. The van der Waals surface area contributed by atoms with Crippen LogP contribution in [0.25, 0.3) is 0 Å². The lowest BCUT2D eigenvalue weighted by Gasteiger charge is -2.15. The molecule has 1 atom stereocenters. The van der Waals surface area contributed by atoms with Crippen molar-refractivity contribution in [2.24, 2.45) is 0 Å². The van der Waals surface area contributed by atoms with E-state index < -0.39 is 11.9 Å². The summed E-state index contributed by atoms with van der Waals surface area (Å²) in [4.78, 5) is 0. The van der Waals surface area contributed by atoms with Crippen molar-refractivity contribution in [3.05, 3.63) is 52.2 Å². The second-order valence-electron chi connectivity index (χ2n) is 4.54. The van der Waals surface area contributed by atoms with Gasteiger partial charge in [0.2, 0.25) is 0 Å². The van der Waals surface area contributed by atoms with Gasteiger partial charge in [-0.15, -0.1) is 0 Å². The molecule has 0 radical (unpaired) electrons. The van der Waals surface area contributed by atoms with Crippen molar-refractivity contribution in [3.63, 3.8) is 0 Å². The van der Waals surface area contributed by atoms with Crippen LogP contribution in [0.2, 0.25) is 0 Å². The molecule has 1 N–H and O–H groups in total. The molecule has 1 aromatic heterocycles. The Labute approximate surface area is 111 Å². The summed E-state index contributed by atoms with van der Waals surface area (Å²) in [5, 5.41) is 10.5. The van der Waals surface area contributed by atoms with E-state index >= 15 is 0 Å². The molecule has 0 bridgehead atoms. The van der Waals surface area contributed by atoms with Gasteiger partial charge in [-0.05, 0) is 44.5 Å². The minimum atomic E-state index is -0.969.